The first-order valence-electron chi connectivity index (χ1n) is 15.1. The van der Waals surface area contributed by atoms with Crippen molar-refractivity contribution in [2.24, 2.45) is 0 Å². The lowest BCUT2D eigenvalue weighted by molar-refractivity contribution is 0.620. The van der Waals surface area contributed by atoms with Crippen LogP contribution in [0.1, 0.15) is 0 Å². The summed E-state index contributed by atoms with van der Waals surface area (Å²) in [7, 11) is 0. The zero-order valence-corrected chi connectivity index (χ0v) is 25.3. The van der Waals surface area contributed by atoms with Crippen LogP contribution >= 0.6 is 11.3 Å². The van der Waals surface area contributed by atoms with Crippen LogP contribution in [-0.4, -0.2) is 19.9 Å². The first-order chi connectivity index (χ1) is 22.8. The third-order valence-corrected chi connectivity index (χ3v) is 9.38. The lowest BCUT2D eigenvalue weighted by Crippen LogP contribution is -1.99. The molecule has 0 radical (unpaired) electrons. The highest BCUT2D eigenvalue weighted by molar-refractivity contribution is 7.26. The Hall–Kier alpha value is -5.98. The number of hydrogen-bond donors (Lipinski definition) is 0. The van der Waals surface area contributed by atoms with Gasteiger partial charge in [0, 0.05) is 42.4 Å². The molecule has 5 nitrogen and oxygen atoms in total. The van der Waals surface area contributed by atoms with Crippen molar-refractivity contribution >= 4 is 42.6 Å². The molecule has 0 fully saturated rings. The van der Waals surface area contributed by atoms with Gasteiger partial charge in [-0.15, -0.1) is 11.3 Å². The third kappa shape index (κ3) is 4.64. The Balaban J connectivity index is 1.16. The fourth-order valence-electron chi connectivity index (χ4n) is 5.90. The molecule has 9 rings (SSSR count). The van der Waals surface area contributed by atoms with Crippen molar-refractivity contribution in [1.29, 1.82) is 0 Å². The number of thiophene rings is 1. The van der Waals surface area contributed by atoms with Crippen molar-refractivity contribution in [2.45, 2.75) is 0 Å². The minimum atomic E-state index is 0.629. The molecule has 0 aliphatic carbocycles. The van der Waals surface area contributed by atoms with Crippen molar-refractivity contribution < 1.29 is 4.42 Å². The van der Waals surface area contributed by atoms with Gasteiger partial charge < -0.3 is 4.42 Å². The number of benzene rings is 6. The van der Waals surface area contributed by atoms with Crippen LogP contribution in [0, 0.1) is 0 Å². The lowest BCUT2D eigenvalue weighted by Gasteiger charge is -2.08. The van der Waals surface area contributed by atoms with Crippen LogP contribution < -0.4 is 0 Å². The average Bonchev–Trinajstić information content (AvgIpc) is 3.74. The van der Waals surface area contributed by atoms with E-state index in [-0.39, 0.29) is 0 Å². The van der Waals surface area contributed by atoms with Crippen molar-refractivity contribution in [1.82, 2.24) is 19.9 Å². The lowest BCUT2D eigenvalue weighted by atomic mass is 10.0. The zero-order chi connectivity index (χ0) is 30.5. The molecule has 3 aromatic heterocycles. The first-order valence-corrected chi connectivity index (χ1v) is 15.9. The van der Waals surface area contributed by atoms with Crippen molar-refractivity contribution in [3.8, 4) is 56.7 Å². The predicted molar refractivity (Wildman–Crippen MR) is 187 cm³/mol. The standard InChI is InChI=1S/C40H24N4OS/c1-4-11-25(12-5-1)37-42-38(26-13-6-2-7-14-26)44-39(43-37)29-19-21-31-32-18-10-17-30(36(32)46-35(31)24-29)28-20-22-33-34(23-28)45-40(41-33)27-15-8-3-9-16-27/h1-24H. The Morgan fingerprint density at radius 1 is 0.435 bits per heavy atom. The van der Waals surface area contributed by atoms with E-state index in [2.05, 4.69) is 48.5 Å². The van der Waals surface area contributed by atoms with Gasteiger partial charge in [-0.2, -0.15) is 0 Å². The van der Waals surface area contributed by atoms with Crippen molar-refractivity contribution in [2.75, 3.05) is 0 Å². The van der Waals surface area contributed by atoms with Crippen LogP contribution in [0.5, 0.6) is 0 Å². The van der Waals surface area contributed by atoms with E-state index < -0.39 is 0 Å². The molecule has 6 heteroatoms. The molecular formula is C40H24N4OS. The summed E-state index contributed by atoms with van der Waals surface area (Å²) >= 11 is 1.78. The summed E-state index contributed by atoms with van der Waals surface area (Å²) in [6.45, 7) is 0. The minimum absolute atomic E-state index is 0.629. The van der Waals surface area contributed by atoms with Gasteiger partial charge in [-0.1, -0.05) is 115 Å². The molecule has 46 heavy (non-hydrogen) atoms. The Kier molecular flexibility index (Phi) is 6.25. The van der Waals surface area contributed by atoms with E-state index in [1.54, 1.807) is 11.3 Å². The number of hydrogen-bond acceptors (Lipinski definition) is 6. The van der Waals surface area contributed by atoms with E-state index in [4.69, 9.17) is 24.4 Å². The highest BCUT2D eigenvalue weighted by Crippen LogP contribution is 2.42. The largest absolute Gasteiger partial charge is 0.436 e. The second kappa shape index (κ2) is 10.9. The van der Waals surface area contributed by atoms with Crippen LogP contribution in [0.3, 0.4) is 0 Å². The molecule has 0 bridgehead atoms. The number of fused-ring (bicyclic) bond motifs is 4. The Morgan fingerprint density at radius 2 is 1.04 bits per heavy atom. The van der Waals surface area contributed by atoms with E-state index in [0.29, 0.717) is 23.4 Å². The van der Waals surface area contributed by atoms with Crippen LogP contribution in [-0.2, 0) is 0 Å². The van der Waals surface area contributed by atoms with Crippen LogP contribution in [0.4, 0.5) is 0 Å². The van der Waals surface area contributed by atoms with Crippen molar-refractivity contribution in [3.63, 3.8) is 0 Å². The Bertz CT molecular complexity index is 2470. The van der Waals surface area contributed by atoms with Gasteiger partial charge >= 0.3 is 0 Å². The molecule has 6 aromatic carbocycles. The maximum atomic E-state index is 6.21. The molecule has 216 valence electrons. The molecule has 0 amide bonds. The van der Waals surface area contributed by atoms with Gasteiger partial charge in [0.1, 0.15) is 5.52 Å². The summed E-state index contributed by atoms with van der Waals surface area (Å²) in [5.74, 6) is 2.59. The molecule has 3 heterocycles. The number of aromatic nitrogens is 4. The van der Waals surface area contributed by atoms with Crippen LogP contribution in [0.2, 0.25) is 0 Å². The van der Waals surface area contributed by atoms with E-state index in [1.165, 1.54) is 20.2 Å². The van der Waals surface area contributed by atoms with Gasteiger partial charge in [0.05, 0.1) is 0 Å². The van der Waals surface area contributed by atoms with Gasteiger partial charge in [-0.3, -0.25) is 0 Å². The topological polar surface area (TPSA) is 64.7 Å². The average molecular weight is 609 g/mol. The summed E-state index contributed by atoms with van der Waals surface area (Å²) in [5, 5.41) is 2.43. The third-order valence-electron chi connectivity index (χ3n) is 8.18. The van der Waals surface area contributed by atoms with Gasteiger partial charge in [-0.05, 0) is 41.5 Å². The molecule has 0 aliphatic rings. The molecule has 0 saturated carbocycles. The SMILES string of the molecule is c1ccc(-c2nc(-c3ccccc3)nc(-c3ccc4c(c3)sc3c(-c5ccc6nc(-c7ccccc7)oc6c5)cccc34)n2)cc1. The number of nitrogens with zero attached hydrogens (tertiary/aromatic N) is 4. The molecule has 0 spiro atoms. The van der Waals surface area contributed by atoms with Gasteiger partial charge in [0.25, 0.3) is 0 Å². The normalized spacial score (nSPS) is 11.5. The summed E-state index contributed by atoms with van der Waals surface area (Å²) in [5.41, 5.74) is 7.70. The summed E-state index contributed by atoms with van der Waals surface area (Å²) < 4.78 is 8.61. The Labute approximate surface area is 268 Å². The summed E-state index contributed by atoms with van der Waals surface area (Å²) in [6, 6.07) is 49.4. The molecule has 0 saturated heterocycles. The first kappa shape index (κ1) is 26.4. The second-order valence-electron chi connectivity index (χ2n) is 11.1. The number of rotatable bonds is 5. The summed E-state index contributed by atoms with van der Waals surface area (Å²) in [4.78, 5) is 19.5. The van der Waals surface area contributed by atoms with Crippen molar-refractivity contribution in [3.05, 3.63) is 146 Å². The van der Waals surface area contributed by atoms with E-state index >= 15 is 0 Å². The molecular weight excluding hydrogens is 585 g/mol. The smallest absolute Gasteiger partial charge is 0.227 e. The van der Waals surface area contributed by atoms with E-state index in [0.717, 1.165) is 44.5 Å². The monoisotopic (exact) mass is 608 g/mol. The molecule has 0 atom stereocenters. The van der Waals surface area contributed by atoms with Crippen LogP contribution in [0.15, 0.2) is 150 Å². The fraction of sp³-hybridized carbons (Fsp3) is 0. The molecule has 0 N–H and O–H groups in total. The molecule has 0 unspecified atom stereocenters. The number of oxazole rings is 1. The minimum Gasteiger partial charge on any atom is -0.436 e. The van der Waals surface area contributed by atoms with E-state index in [1.807, 2.05) is 97.1 Å². The summed E-state index contributed by atoms with van der Waals surface area (Å²) in [6.07, 6.45) is 0. The van der Waals surface area contributed by atoms with Crippen LogP contribution in [0.25, 0.3) is 88.0 Å². The van der Waals surface area contributed by atoms with E-state index in [9.17, 15) is 0 Å². The Morgan fingerprint density at radius 3 is 1.72 bits per heavy atom. The molecule has 0 aliphatic heterocycles. The highest BCUT2D eigenvalue weighted by Gasteiger charge is 2.16. The van der Waals surface area contributed by atoms with Gasteiger partial charge in [-0.25, -0.2) is 19.9 Å². The maximum absolute atomic E-state index is 6.21. The van der Waals surface area contributed by atoms with Gasteiger partial charge in [0.15, 0.2) is 23.1 Å². The quantitative estimate of drug-likeness (QED) is 0.194. The highest BCUT2D eigenvalue weighted by atomic mass is 32.1. The molecule has 9 aromatic rings. The zero-order valence-electron chi connectivity index (χ0n) is 24.5. The second-order valence-corrected chi connectivity index (χ2v) is 12.2. The predicted octanol–water partition coefficient (Wildman–Crippen LogP) is 10.7. The van der Waals surface area contributed by atoms with Gasteiger partial charge in [0.2, 0.25) is 5.89 Å². The fourth-order valence-corrected chi connectivity index (χ4v) is 7.18. The maximum Gasteiger partial charge on any atom is 0.227 e.